The van der Waals surface area contributed by atoms with E-state index in [0.29, 0.717) is 18.8 Å². The minimum Gasteiger partial charge on any atom is -0.375 e. The van der Waals surface area contributed by atoms with Gasteiger partial charge < -0.3 is 20.7 Å². The maximum atomic E-state index is 12.3. The summed E-state index contributed by atoms with van der Waals surface area (Å²) in [6, 6.07) is 4.53. The topological polar surface area (TPSA) is 126 Å². The second-order valence-corrected chi connectivity index (χ2v) is 7.85. The van der Waals surface area contributed by atoms with Crippen LogP contribution in [-0.2, 0) is 24.3 Å². The summed E-state index contributed by atoms with van der Waals surface area (Å²) in [4.78, 5) is 24.6. The molecule has 1 fully saturated rings. The fourth-order valence-corrected chi connectivity index (χ4v) is 3.28. The largest absolute Gasteiger partial charge is 0.375 e. The first-order valence-electron chi connectivity index (χ1n) is 8.24. The van der Waals surface area contributed by atoms with Crippen molar-refractivity contribution >= 4 is 27.5 Å². The van der Waals surface area contributed by atoms with Gasteiger partial charge in [-0.1, -0.05) is 6.07 Å². The minimum atomic E-state index is -3.61. The van der Waals surface area contributed by atoms with Crippen LogP contribution in [0.4, 0.5) is 5.69 Å². The van der Waals surface area contributed by atoms with Gasteiger partial charge in [0.05, 0.1) is 17.6 Å². The normalized spacial score (nSPS) is 21.7. The van der Waals surface area contributed by atoms with Gasteiger partial charge in [0, 0.05) is 12.2 Å². The lowest BCUT2D eigenvalue weighted by atomic mass is 10.1. The van der Waals surface area contributed by atoms with Crippen LogP contribution in [-0.4, -0.2) is 58.6 Å². The van der Waals surface area contributed by atoms with E-state index in [9.17, 15) is 18.0 Å². The zero-order valence-corrected chi connectivity index (χ0v) is 15.7. The Morgan fingerprint density at radius 2 is 2.08 bits per heavy atom. The smallest absolute Gasteiger partial charge is 0.246 e. The highest BCUT2D eigenvalue weighted by Crippen LogP contribution is 2.15. The maximum Gasteiger partial charge on any atom is 0.246 e. The molecule has 0 saturated carbocycles. The Bertz CT molecular complexity index is 768. The van der Waals surface area contributed by atoms with Crippen molar-refractivity contribution in [2.24, 2.45) is 0 Å². The first-order valence-corrected chi connectivity index (χ1v) is 9.73. The summed E-state index contributed by atoms with van der Waals surface area (Å²) in [5.41, 5.74) is 0.319. The van der Waals surface area contributed by atoms with Gasteiger partial charge in [-0.3, -0.25) is 9.59 Å². The van der Waals surface area contributed by atoms with Gasteiger partial charge in [0.15, 0.2) is 0 Å². The molecule has 2 rings (SSSR count). The summed E-state index contributed by atoms with van der Waals surface area (Å²) in [5, 5.41) is 8.28. The predicted molar refractivity (Wildman–Crippen MR) is 96.1 cm³/mol. The number of amides is 2. The molecule has 0 radical (unpaired) electrons. The van der Waals surface area contributed by atoms with Gasteiger partial charge >= 0.3 is 0 Å². The molecular formula is C16H24N4O5S. The first-order chi connectivity index (χ1) is 12.2. The highest BCUT2D eigenvalue weighted by molar-refractivity contribution is 7.89. The molecule has 26 heavy (non-hydrogen) atoms. The van der Waals surface area contributed by atoms with Gasteiger partial charge in [0.1, 0.15) is 12.1 Å². The summed E-state index contributed by atoms with van der Waals surface area (Å²) in [6.45, 7) is 4.44. The molecule has 2 amide bonds. The van der Waals surface area contributed by atoms with Crippen molar-refractivity contribution in [3.05, 3.63) is 24.3 Å². The second kappa shape index (κ2) is 8.58. The first kappa shape index (κ1) is 20.3. The Kier molecular flexibility index (Phi) is 6.70. The lowest BCUT2D eigenvalue weighted by Gasteiger charge is -2.30. The maximum absolute atomic E-state index is 12.3. The third kappa shape index (κ3) is 5.01. The van der Waals surface area contributed by atoms with Crippen LogP contribution < -0.4 is 20.7 Å². The Labute approximate surface area is 152 Å². The standard InChI is InChI=1S/C16H24N4O5S/c1-10(19-16(22)14-11(2)25-8-7-18-14)15(21)20-12-5-4-6-13(9-12)26(23,24)17-3/h4-6,9-11,14,17-18H,7-8H2,1-3H3,(H,19,22)(H,20,21)/t10?,11-,14+/m1/s1. The van der Waals surface area contributed by atoms with Crippen LogP contribution in [0.1, 0.15) is 13.8 Å². The molecule has 0 bridgehead atoms. The van der Waals surface area contributed by atoms with Crippen LogP contribution in [0.15, 0.2) is 29.2 Å². The van der Waals surface area contributed by atoms with E-state index in [4.69, 9.17) is 4.74 Å². The second-order valence-electron chi connectivity index (χ2n) is 5.96. The van der Waals surface area contributed by atoms with Gasteiger partial charge in [-0.25, -0.2) is 13.1 Å². The van der Waals surface area contributed by atoms with Crippen LogP contribution in [0, 0.1) is 0 Å². The van der Waals surface area contributed by atoms with E-state index in [0.717, 1.165) is 0 Å². The van der Waals surface area contributed by atoms with Gasteiger partial charge in [-0.15, -0.1) is 0 Å². The molecular weight excluding hydrogens is 360 g/mol. The van der Waals surface area contributed by atoms with Gasteiger partial charge in [-0.05, 0) is 39.1 Å². The molecule has 1 aliphatic heterocycles. The van der Waals surface area contributed by atoms with Gasteiger partial charge in [0.25, 0.3) is 0 Å². The molecule has 0 aromatic heterocycles. The Morgan fingerprint density at radius 1 is 1.35 bits per heavy atom. The number of sulfonamides is 1. The van der Waals surface area contributed by atoms with Crippen molar-refractivity contribution < 1.29 is 22.7 Å². The molecule has 0 spiro atoms. The number of anilines is 1. The van der Waals surface area contributed by atoms with Crippen molar-refractivity contribution in [2.75, 3.05) is 25.5 Å². The lowest BCUT2D eigenvalue weighted by Crippen LogP contribution is -2.57. The molecule has 9 nitrogen and oxygen atoms in total. The zero-order valence-electron chi connectivity index (χ0n) is 14.9. The van der Waals surface area contributed by atoms with E-state index in [1.54, 1.807) is 19.9 Å². The highest BCUT2D eigenvalue weighted by atomic mass is 32.2. The monoisotopic (exact) mass is 384 g/mol. The van der Waals surface area contributed by atoms with E-state index in [1.165, 1.54) is 25.2 Å². The number of rotatable bonds is 6. The molecule has 10 heteroatoms. The molecule has 1 aromatic carbocycles. The number of morpholine rings is 1. The summed E-state index contributed by atoms with van der Waals surface area (Å²) in [5.74, 6) is -0.784. The molecule has 1 saturated heterocycles. The fraction of sp³-hybridized carbons (Fsp3) is 0.500. The Balaban J connectivity index is 1.99. The van der Waals surface area contributed by atoms with Crippen LogP contribution in [0.5, 0.6) is 0 Å². The van der Waals surface area contributed by atoms with Crippen molar-refractivity contribution in [3.8, 4) is 0 Å². The fourth-order valence-electron chi connectivity index (χ4n) is 2.51. The van der Waals surface area contributed by atoms with E-state index in [1.807, 2.05) is 0 Å². The van der Waals surface area contributed by atoms with Gasteiger partial charge in [-0.2, -0.15) is 0 Å². The molecule has 0 aliphatic carbocycles. The zero-order chi connectivity index (χ0) is 19.3. The molecule has 1 aliphatic rings. The average Bonchev–Trinajstić information content (AvgIpc) is 2.62. The number of ether oxygens (including phenoxy) is 1. The number of benzene rings is 1. The number of carbonyl (C=O) groups excluding carboxylic acids is 2. The SMILES string of the molecule is CNS(=O)(=O)c1cccc(NC(=O)C(C)NC(=O)[C@H]2NCCO[C@@H]2C)c1. The van der Waals surface area contributed by atoms with Crippen LogP contribution in [0.25, 0.3) is 0 Å². The summed E-state index contributed by atoms with van der Waals surface area (Å²) in [7, 11) is -2.30. The highest BCUT2D eigenvalue weighted by Gasteiger charge is 2.30. The van der Waals surface area contributed by atoms with Crippen molar-refractivity contribution in [1.82, 2.24) is 15.4 Å². The number of hydrogen-bond acceptors (Lipinski definition) is 6. The van der Waals surface area contributed by atoms with Crippen LogP contribution in [0.2, 0.25) is 0 Å². The number of nitrogens with one attached hydrogen (secondary N) is 4. The van der Waals surface area contributed by atoms with Crippen molar-refractivity contribution in [3.63, 3.8) is 0 Å². The minimum absolute atomic E-state index is 0.0341. The summed E-state index contributed by atoms with van der Waals surface area (Å²) >= 11 is 0. The van der Waals surface area contributed by atoms with Crippen LogP contribution in [0.3, 0.4) is 0 Å². The average molecular weight is 384 g/mol. The summed E-state index contributed by atoms with van der Waals surface area (Å²) < 4.78 is 31.3. The number of carbonyl (C=O) groups is 2. The molecule has 144 valence electrons. The van der Waals surface area contributed by atoms with Gasteiger partial charge in [0.2, 0.25) is 21.8 Å². The van der Waals surface area contributed by atoms with Crippen molar-refractivity contribution in [2.45, 2.75) is 36.9 Å². The van der Waals surface area contributed by atoms with Crippen LogP contribution >= 0.6 is 0 Å². The van der Waals surface area contributed by atoms with Crippen molar-refractivity contribution in [1.29, 1.82) is 0 Å². The van der Waals surface area contributed by atoms with E-state index in [2.05, 4.69) is 20.7 Å². The third-order valence-electron chi connectivity index (χ3n) is 4.03. The third-order valence-corrected chi connectivity index (χ3v) is 5.44. The molecule has 1 heterocycles. The van der Waals surface area contributed by atoms with E-state index >= 15 is 0 Å². The quantitative estimate of drug-likeness (QED) is 0.520. The Morgan fingerprint density at radius 3 is 2.73 bits per heavy atom. The van der Waals surface area contributed by atoms with E-state index < -0.39 is 28.0 Å². The molecule has 1 unspecified atom stereocenters. The molecule has 4 N–H and O–H groups in total. The van der Waals surface area contributed by atoms with E-state index in [-0.39, 0.29) is 16.9 Å². The molecule has 1 aromatic rings. The molecule has 3 atom stereocenters. The predicted octanol–water partition coefficient (Wildman–Crippen LogP) is -0.585. The number of hydrogen-bond donors (Lipinski definition) is 4. The summed E-state index contributed by atoms with van der Waals surface area (Å²) in [6.07, 6.45) is -0.289. The lowest BCUT2D eigenvalue weighted by molar-refractivity contribution is -0.132. The Hall–Kier alpha value is -2.01.